The Balaban J connectivity index is 1.94. The van der Waals surface area contributed by atoms with E-state index in [9.17, 15) is 12.8 Å². The second-order valence-electron chi connectivity index (χ2n) is 4.97. The van der Waals surface area contributed by atoms with E-state index in [0.29, 0.717) is 11.4 Å². The molecule has 1 N–H and O–H groups in total. The highest BCUT2D eigenvalue weighted by atomic mass is 32.2. The van der Waals surface area contributed by atoms with Gasteiger partial charge in [0.05, 0.1) is 5.69 Å². The lowest BCUT2D eigenvalue weighted by Gasteiger charge is -2.12. The third-order valence-electron chi connectivity index (χ3n) is 3.30. The van der Waals surface area contributed by atoms with Crippen molar-refractivity contribution in [2.24, 2.45) is 0 Å². The molecule has 22 heavy (non-hydrogen) atoms. The second kappa shape index (κ2) is 6.79. The van der Waals surface area contributed by atoms with Crippen molar-refractivity contribution >= 4 is 15.7 Å². The highest BCUT2D eigenvalue weighted by Gasteiger charge is 2.12. The molecule has 0 aliphatic rings. The maximum absolute atomic E-state index is 12.7. The van der Waals surface area contributed by atoms with Crippen molar-refractivity contribution < 1.29 is 17.5 Å². The molecular formula is C16H18FNO3S. The summed E-state index contributed by atoms with van der Waals surface area (Å²) in [6.45, 7) is 3.78. The molecule has 4 nitrogen and oxygen atoms in total. The van der Waals surface area contributed by atoms with Gasteiger partial charge in [0.2, 0.25) is 10.0 Å². The van der Waals surface area contributed by atoms with E-state index in [1.54, 1.807) is 12.1 Å². The Labute approximate surface area is 130 Å². The molecule has 0 aliphatic carbocycles. The van der Waals surface area contributed by atoms with Crippen molar-refractivity contribution in [3.63, 3.8) is 0 Å². The molecule has 2 aromatic carbocycles. The third-order valence-corrected chi connectivity index (χ3v) is 4.54. The molecule has 0 fully saturated rings. The normalized spacial score (nSPS) is 11.2. The van der Waals surface area contributed by atoms with E-state index in [4.69, 9.17) is 4.74 Å². The fourth-order valence-corrected chi connectivity index (χ4v) is 2.84. The quantitative estimate of drug-likeness (QED) is 0.888. The Hall–Kier alpha value is -2.08. The van der Waals surface area contributed by atoms with E-state index in [1.165, 1.54) is 24.3 Å². The van der Waals surface area contributed by atoms with Crippen molar-refractivity contribution in [2.75, 3.05) is 17.1 Å². The van der Waals surface area contributed by atoms with Crippen molar-refractivity contribution in [2.45, 2.75) is 13.8 Å². The summed E-state index contributed by atoms with van der Waals surface area (Å²) in [5.41, 5.74) is 2.48. The maximum Gasteiger partial charge on any atom is 0.236 e. The molecule has 0 unspecified atom stereocenters. The number of rotatable bonds is 6. The molecule has 0 bridgehead atoms. The van der Waals surface area contributed by atoms with Gasteiger partial charge in [-0.25, -0.2) is 12.8 Å². The van der Waals surface area contributed by atoms with Crippen LogP contribution in [0.1, 0.15) is 11.1 Å². The summed E-state index contributed by atoms with van der Waals surface area (Å²) < 4.78 is 44.7. The van der Waals surface area contributed by atoms with E-state index >= 15 is 0 Å². The van der Waals surface area contributed by atoms with Crippen LogP contribution in [-0.4, -0.2) is 20.8 Å². The number of hydrogen-bond acceptors (Lipinski definition) is 3. The van der Waals surface area contributed by atoms with Gasteiger partial charge in [-0.3, -0.25) is 4.72 Å². The van der Waals surface area contributed by atoms with Crippen LogP contribution in [-0.2, 0) is 10.0 Å². The zero-order valence-electron chi connectivity index (χ0n) is 12.5. The molecule has 0 heterocycles. The van der Waals surface area contributed by atoms with E-state index in [0.717, 1.165) is 11.1 Å². The monoisotopic (exact) mass is 323 g/mol. The predicted molar refractivity (Wildman–Crippen MR) is 85.2 cm³/mol. The Morgan fingerprint density at radius 2 is 1.77 bits per heavy atom. The summed E-state index contributed by atoms with van der Waals surface area (Å²) in [5.74, 6) is -0.113. The molecule has 0 radical (unpaired) electrons. The first-order valence-corrected chi connectivity index (χ1v) is 8.48. The number of anilines is 1. The van der Waals surface area contributed by atoms with Gasteiger partial charge in [0.1, 0.15) is 23.9 Å². The molecule has 2 aromatic rings. The molecule has 0 saturated carbocycles. The van der Waals surface area contributed by atoms with E-state index in [2.05, 4.69) is 4.72 Å². The largest absolute Gasteiger partial charge is 0.492 e. The number of ether oxygens (including phenoxy) is 1. The average molecular weight is 323 g/mol. The summed E-state index contributed by atoms with van der Waals surface area (Å²) in [6.07, 6.45) is 0. The molecular weight excluding hydrogens is 305 g/mol. The lowest BCUT2D eigenvalue weighted by atomic mass is 10.1. The van der Waals surface area contributed by atoms with E-state index in [1.807, 2.05) is 19.9 Å². The summed E-state index contributed by atoms with van der Waals surface area (Å²) in [6, 6.07) is 10.9. The van der Waals surface area contributed by atoms with Crippen LogP contribution in [0.15, 0.2) is 42.5 Å². The first-order valence-electron chi connectivity index (χ1n) is 6.82. The fourth-order valence-electron chi connectivity index (χ4n) is 1.88. The van der Waals surface area contributed by atoms with Gasteiger partial charge >= 0.3 is 0 Å². The Morgan fingerprint density at radius 3 is 2.45 bits per heavy atom. The van der Waals surface area contributed by atoms with Crippen LogP contribution in [0.5, 0.6) is 5.75 Å². The van der Waals surface area contributed by atoms with Crippen LogP contribution in [0.3, 0.4) is 0 Å². The second-order valence-corrected chi connectivity index (χ2v) is 6.81. The number of benzene rings is 2. The van der Waals surface area contributed by atoms with Crippen molar-refractivity contribution in [3.05, 3.63) is 59.4 Å². The lowest BCUT2D eigenvalue weighted by molar-refractivity contribution is 0.340. The van der Waals surface area contributed by atoms with Crippen LogP contribution in [0.25, 0.3) is 0 Å². The number of halogens is 1. The first kappa shape index (κ1) is 16.3. The maximum atomic E-state index is 12.7. The van der Waals surface area contributed by atoms with Crippen LogP contribution >= 0.6 is 0 Å². The highest BCUT2D eigenvalue weighted by molar-refractivity contribution is 7.92. The molecule has 118 valence electrons. The van der Waals surface area contributed by atoms with Gasteiger partial charge < -0.3 is 4.74 Å². The van der Waals surface area contributed by atoms with E-state index in [-0.39, 0.29) is 18.2 Å². The van der Waals surface area contributed by atoms with Gasteiger partial charge in [-0.05, 0) is 55.3 Å². The molecule has 0 aliphatic heterocycles. The zero-order valence-corrected chi connectivity index (χ0v) is 13.3. The van der Waals surface area contributed by atoms with Crippen molar-refractivity contribution in [1.82, 2.24) is 0 Å². The number of sulfonamides is 1. The van der Waals surface area contributed by atoms with Crippen LogP contribution in [0.4, 0.5) is 10.1 Å². The zero-order chi connectivity index (χ0) is 16.2. The molecule has 2 rings (SSSR count). The minimum Gasteiger partial charge on any atom is -0.492 e. The molecule has 6 heteroatoms. The van der Waals surface area contributed by atoms with Gasteiger partial charge in [-0.1, -0.05) is 12.1 Å². The van der Waals surface area contributed by atoms with Crippen LogP contribution in [0.2, 0.25) is 0 Å². The summed E-state index contributed by atoms with van der Waals surface area (Å²) in [5, 5.41) is 0. The Kier molecular flexibility index (Phi) is 5.03. The SMILES string of the molecule is Cc1cccc(NS(=O)(=O)CCOc2ccc(F)cc2)c1C. The molecule has 0 spiro atoms. The van der Waals surface area contributed by atoms with Crippen LogP contribution < -0.4 is 9.46 Å². The lowest BCUT2D eigenvalue weighted by Crippen LogP contribution is -2.21. The molecule has 0 saturated heterocycles. The summed E-state index contributed by atoms with van der Waals surface area (Å²) in [7, 11) is -3.50. The number of nitrogens with one attached hydrogen (secondary N) is 1. The summed E-state index contributed by atoms with van der Waals surface area (Å²) >= 11 is 0. The molecule has 0 amide bonds. The average Bonchev–Trinajstić information content (AvgIpc) is 2.46. The van der Waals surface area contributed by atoms with Gasteiger partial charge in [-0.15, -0.1) is 0 Å². The topological polar surface area (TPSA) is 55.4 Å². The molecule has 0 aromatic heterocycles. The minimum absolute atomic E-state index is 0.00811. The van der Waals surface area contributed by atoms with Crippen molar-refractivity contribution in [1.29, 1.82) is 0 Å². The van der Waals surface area contributed by atoms with Gasteiger partial charge in [0.15, 0.2) is 0 Å². The van der Waals surface area contributed by atoms with Gasteiger partial charge in [0, 0.05) is 0 Å². The van der Waals surface area contributed by atoms with E-state index < -0.39 is 10.0 Å². The third kappa shape index (κ3) is 4.46. The summed E-state index contributed by atoms with van der Waals surface area (Å²) in [4.78, 5) is 0. The fraction of sp³-hybridized carbons (Fsp3) is 0.250. The number of hydrogen-bond donors (Lipinski definition) is 1. The molecule has 0 atom stereocenters. The first-order chi connectivity index (χ1) is 10.4. The standard InChI is InChI=1S/C16H18FNO3S/c1-12-4-3-5-16(13(12)2)18-22(19,20)11-10-21-15-8-6-14(17)7-9-15/h3-9,18H,10-11H2,1-2H3. The predicted octanol–water partition coefficient (Wildman–Crippen LogP) is 3.26. The highest BCUT2D eigenvalue weighted by Crippen LogP contribution is 2.19. The minimum atomic E-state index is -3.50. The van der Waals surface area contributed by atoms with Gasteiger partial charge in [0.25, 0.3) is 0 Å². The smallest absolute Gasteiger partial charge is 0.236 e. The Bertz CT molecular complexity index is 742. The van der Waals surface area contributed by atoms with Crippen molar-refractivity contribution in [3.8, 4) is 5.75 Å². The Morgan fingerprint density at radius 1 is 1.09 bits per heavy atom. The van der Waals surface area contributed by atoms with Gasteiger partial charge in [-0.2, -0.15) is 0 Å². The number of aryl methyl sites for hydroxylation is 1. The van der Waals surface area contributed by atoms with Crippen LogP contribution in [0, 0.1) is 19.7 Å².